The molecule has 3 rings (SSSR count). The highest BCUT2D eigenvalue weighted by molar-refractivity contribution is 5.91. The number of carbonyl (C=O) groups is 1. The number of likely N-dealkylation sites (tertiary alicyclic amines) is 1. The van der Waals surface area contributed by atoms with E-state index in [0.717, 1.165) is 18.5 Å². The van der Waals surface area contributed by atoms with Gasteiger partial charge in [-0.3, -0.25) is 9.69 Å². The van der Waals surface area contributed by atoms with Crippen LogP contribution in [0.1, 0.15) is 24.8 Å². The Morgan fingerprint density at radius 1 is 1.25 bits per heavy atom. The molecule has 0 saturated carbocycles. The lowest BCUT2D eigenvalue weighted by molar-refractivity contribution is -0.214. The van der Waals surface area contributed by atoms with Crippen LogP contribution in [0, 0.1) is 0 Å². The SMILES string of the molecule is O=C1C=C[C@]2(OCC(F)(F)F)CCCN(Cc3ccccc3)[C@@H]2C1. The molecule has 0 bridgehead atoms. The first kappa shape index (κ1) is 17.2. The van der Waals surface area contributed by atoms with Crippen LogP contribution in [0.25, 0.3) is 0 Å². The maximum atomic E-state index is 12.7. The molecular weight excluding hydrogens is 319 g/mol. The molecule has 1 aromatic carbocycles. The van der Waals surface area contributed by atoms with E-state index in [1.54, 1.807) is 6.08 Å². The van der Waals surface area contributed by atoms with Crippen molar-refractivity contribution in [1.29, 1.82) is 0 Å². The van der Waals surface area contributed by atoms with E-state index in [4.69, 9.17) is 4.74 Å². The predicted molar refractivity (Wildman–Crippen MR) is 83.4 cm³/mol. The van der Waals surface area contributed by atoms with Crippen LogP contribution in [0.5, 0.6) is 0 Å². The van der Waals surface area contributed by atoms with Crippen molar-refractivity contribution in [3.05, 3.63) is 48.0 Å². The molecule has 130 valence electrons. The van der Waals surface area contributed by atoms with Gasteiger partial charge in [-0.15, -0.1) is 0 Å². The van der Waals surface area contributed by atoms with E-state index in [1.807, 2.05) is 30.3 Å². The molecule has 1 aliphatic carbocycles. The van der Waals surface area contributed by atoms with Crippen molar-refractivity contribution in [3.8, 4) is 0 Å². The van der Waals surface area contributed by atoms with Crippen molar-refractivity contribution >= 4 is 5.78 Å². The standard InChI is InChI=1S/C18H20F3NO2/c19-18(20,21)13-24-17-8-4-10-22(12-14-5-2-1-3-6-14)16(17)11-15(23)7-9-17/h1-3,5-7,9,16H,4,8,10-13H2/t16-,17-/m1/s1. The van der Waals surface area contributed by atoms with Crippen molar-refractivity contribution in [3.63, 3.8) is 0 Å². The monoisotopic (exact) mass is 339 g/mol. The first-order valence-electron chi connectivity index (χ1n) is 8.09. The largest absolute Gasteiger partial charge is 0.411 e. The second kappa shape index (κ2) is 6.69. The summed E-state index contributed by atoms with van der Waals surface area (Å²) in [5, 5.41) is 0. The number of rotatable bonds is 4. The van der Waals surface area contributed by atoms with Crippen LogP contribution in [-0.2, 0) is 16.1 Å². The molecule has 2 aliphatic rings. The van der Waals surface area contributed by atoms with Gasteiger partial charge >= 0.3 is 6.18 Å². The molecule has 0 unspecified atom stereocenters. The number of nitrogens with zero attached hydrogens (tertiary/aromatic N) is 1. The minimum Gasteiger partial charge on any atom is -0.360 e. The third-order valence-electron chi connectivity index (χ3n) is 4.70. The molecule has 6 heteroatoms. The van der Waals surface area contributed by atoms with Crippen LogP contribution in [0.4, 0.5) is 13.2 Å². The Bertz CT molecular complexity index is 614. The quantitative estimate of drug-likeness (QED) is 0.841. The van der Waals surface area contributed by atoms with E-state index >= 15 is 0 Å². The van der Waals surface area contributed by atoms with Crippen LogP contribution in [-0.4, -0.2) is 41.7 Å². The Morgan fingerprint density at radius 3 is 2.71 bits per heavy atom. The van der Waals surface area contributed by atoms with E-state index in [9.17, 15) is 18.0 Å². The maximum Gasteiger partial charge on any atom is 0.411 e. The van der Waals surface area contributed by atoms with Gasteiger partial charge in [0, 0.05) is 19.0 Å². The van der Waals surface area contributed by atoms with E-state index < -0.39 is 18.4 Å². The second-order valence-electron chi connectivity index (χ2n) is 6.44. The Morgan fingerprint density at radius 2 is 2.00 bits per heavy atom. The number of carbonyl (C=O) groups excluding carboxylic acids is 1. The third-order valence-corrected chi connectivity index (χ3v) is 4.70. The highest BCUT2D eigenvalue weighted by Crippen LogP contribution is 2.39. The first-order chi connectivity index (χ1) is 11.4. The Balaban J connectivity index is 1.82. The number of benzene rings is 1. The fourth-order valence-corrected chi connectivity index (χ4v) is 3.62. The van der Waals surface area contributed by atoms with Gasteiger partial charge in [-0.25, -0.2) is 0 Å². The summed E-state index contributed by atoms with van der Waals surface area (Å²) in [4.78, 5) is 13.9. The molecule has 0 N–H and O–H groups in total. The van der Waals surface area contributed by atoms with Gasteiger partial charge in [0.15, 0.2) is 5.78 Å². The Labute approximate surface area is 139 Å². The van der Waals surface area contributed by atoms with Gasteiger partial charge in [0.25, 0.3) is 0 Å². The summed E-state index contributed by atoms with van der Waals surface area (Å²) in [6.45, 7) is 0.0583. The number of fused-ring (bicyclic) bond motifs is 1. The summed E-state index contributed by atoms with van der Waals surface area (Å²) >= 11 is 0. The van der Waals surface area contributed by atoms with Gasteiger partial charge in [0.05, 0.1) is 0 Å². The van der Waals surface area contributed by atoms with Crippen molar-refractivity contribution in [1.82, 2.24) is 4.90 Å². The highest BCUT2D eigenvalue weighted by Gasteiger charge is 2.48. The molecule has 1 aliphatic heterocycles. The summed E-state index contributed by atoms with van der Waals surface area (Å²) < 4.78 is 43.3. The number of hydrogen-bond donors (Lipinski definition) is 0. The van der Waals surface area contributed by atoms with Gasteiger partial charge in [-0.2, -0.15) is 13.2 Å². The molecule has 0 aromatic heterocycles. The van der Waals surface area contributed by atoms with Gasteiger partial charge < -0.3 is 4.74 Å². The molecule has 2 atom stereocenters. The molecule has 24 heavy (non-hydrogen) atoms. The van der Waals surface area contributed by atoms with Crippen LogP contribution in [0.3, 0.4) is 0 Å². The van der Waals surface area contributed by atoms with Crippen LogP contribution in [0.15, 0.2) is 42.5 Å². The highest BCUT2D eigenvalue weighted by atomic mass is 19.4. The summed E-state index contributed by atoms with van der Waals surface area (Å²) in [6, 6.07) is 9.38. The van der Waals surface area contributed by atoms with Gasteiger partial charge in [-0.1, -0.05) is 30.3 Å². The number of ether oxygens (including phenoxy) is 1. The molecule has 1 saturated heterocycles. The molecule has 0 amide bonds. The fourth-order valence-electron chi connectivity index (χ4n) is 3.62. The zero-order valence-corrected chi connectivity index (χ0v) is 13.3. The van der Waals surface area contributed by atoms with Crippen LogP contribution in [0.2, 0.25) is 0 Å². The second-order valence-corrected chi connectivity index (χ2v) is 6.44. The minimum atomic E-state index is -4.38. The Kier molecular flexibility index (Phi) is 4.78. The third kappa shape index (κ3) is 3.87. The molecule has 1 heterocycles. The lowest BCUT2D eigenvalue weighted by atomic mass is 9.77. The molecule has 0 radical (unpaired) electrons. The number of halogens is 3. The minimum absolute atomic E-state index is 0.0637. The lowest BCUT2D eigenvalue weighted by Crippen LogP contribution is -2.59. The predicted octanol–water partition coefficient (Wildman–Crippen LogP) is 3.50. The number of allylic oxidation sites excluding steroid dienone is 1. The Hall–Kier alpha value is -1.66. The number of hydrogen-bond acceptors (Lipinski definition) is 3. The van der Waals surface area contributed by atoms with Crippen LogP contribution < -0.4 is 0 Å². The number of ketones is 1. The average molecular weight is 339 g/mol. The summed E-state index contributed by atoms with van der Waals surface area (Å²) in [5.74, 6) is -0.0637. The molecular formula is C18H20F3NO2. The van der Waals surface area contributed by atoms with E-state index in [2.05, 4.69) is 4.90 Å². The van der Waals surface area contributed by atoms with Gasteiger partial charge in [0.2, 0.25) is 0 Å². The zero-order chi connectivity index (χ0) is 17.2. The molecule has 0 spiro atoms. The van der Waals surface area contributed by atoms with Gasteiger partial charge in [0.1, 0.15) is 12.2 Å². The van der Waals surface area contributed by atoms with Crippen molar-refractivity contribution in [2.45, 2.75) is 43.6 Å². The summed E-state index contributed by atoms with van der Waals surface area (Å²) in [6.07, 6.45) is -0.0225. The van der Waals surface area contributed by atoms with Crippen molar-refractivity contribution in [2.75, 3.05) is 13.2 Å². The van der Waals surface area contributed by atoms with Gasteiger partial charge in [-0.05, 0) is 37.1 Å². The van der Waals surface area contributed by atoms with Crippen molar-refractivity contribution in [2.24, 2.45) is 0 Å². The fraction of sp³-hybridized carbons (Fsp3) is 0.500. The summed E-state index contributed by atoms with van der Waals surface area (Å²) in [5.41, 5.74) is 0.0438. The summed E-state index contributed by atoms with van der Waals surface area (Å²) in [7, 11) is 0. The topological polar surface area (TPSA) is 29.5 Å². The average Bonchev–Trinajstić information content (AvgIpc) is 2.54. The maximum absolute atomic E-state index is 12.7. The zero-order valence-electron chi connectivity index (χ0n) is 13.3. The normalized spacial score (nSPS) is 28.0. The number of alkyl halides is 3. The van der Waals surface area contributed by atoms with E-state index in [-0.39, 0.29) is 18.2 Å². The van der Waals surface area contributed by atoms with Crippen molar-refractivity contribution < 1.29 is 22.7 Å². The smallest absolute Gasteiger partial charge is 0.360 e. The number of piperidine rings is 1. The molecule has 3 nitrogen and oxygen atoms in total. The molecule has 1 aromatic rings. The van der Waals surface area contributed by atoms with E-state index in [1.165, 1.54) is 6.08 Å². The van der Waals surface area contributed by atoms with Crippen LogP contribution >= 0.6 is 0 Å². The molecule has 1 fully saturated rings. The first-order valence-corrected chi connectivity index (χ1v) is 8.09. The lowest BCUT2D eigenvalue weighted by Gasteiger charge is -2.49. The van der Waals surface area contributed by atoms with E-state index in [0.29, 0.717) is 13.0 Å².